The number of primary amides is 1. The number of rotatable bonds is 11. The van der Waals surface area contributed by atoms with E-state index in [2.05, 4.69) is 4.98 Å². The van der Waals surface area contributed by atoms with E-state index in [0.717, 1.165) is 12.1 Å². The summed E-state index contributed by atoms with van der Waals surface area (Å²) >= 11 is 0. The Hall–Kier alpha value is -4.39. The predicted octanol–water partition coefficient (Wildman–Crippen LogP) is 3.85. The maximum absolute atomic E-state index is 15.4. The van der Waals surface area contributed by atoms with Crippen molar-refractivity contribution in [3.63, 3.8) is 0 Å². The van der Waals surface area contributed by atoms with Gasteiger partial charge in [0.1, 0.15) is 18.2 Å². The van der Waals surface area contributed by atoms with Gasteiger partial charge in [-0.15, -0.1) is 0 Å². The van der Waals surface area contributed by atoms with Crippen molar-refractivity contribution in [3.05, 3.63) is 106 Å². The minimum Gasteiger partial charge on any atom is -0.493 e. The second-order valence-electron chi connectivity index (χ2n) is 9.65. The molecule has 0 aliphatic rings. The van der Waals surface area contributed by atoms with E-state index < -0.39 is 48.8 Å². The van der Waals surface area contributed by atoms with E-state index >= 15 is 4.39 Å². The smallest absolute Gasteiger partial charge is 0.296 e. The summed E-state index contributed by atoms with van der Waals surface area (Å²) in [5, 5.41) is 11.5. The Labute approximate surface area is 242 Å². The molecule has 1 aromatic heterocycles. The van der Waals surface area contributed by atoms with Gasteiger partial charge in [-0.1, -0.05) is 54.6 Å². The molecule has 1 heterocycles. The van der Waals surface area contributed by atoms with E-state index in [0.29, 0.717) is 11.6 Å². The Kier molecular flexibility index (Phi) is 9.20. The third-order valence-electron chi connectivity index (χ3n) is 6.50. The second kappa shape index (κ2) is 12.6. The third kappa shape index (κ3) is 6.10. The highest BCUT2D eigenvalue weighted by Crippen LogP contribution is 2.34. The van der Waals surface area contributed by atoms with Crippen molar-refractivity contribution >= 4 is 15.7 Å². The van der Waals surface area contributed by atoms with Gasteiger partial charge in [0.05, 0.1) is 23.6 Å². The molecular weight excluding hydrogens is 565 g/mol. The summed E-state index contributed by atoms with van der Waals surface area (Å²) in [5.74, 6) is -2.70. The van der Waals surface area contributed by atoms with Crippen LogP contribution in [0.3, 0.4) is 0 Å². The number of nitrogens with zero attached hydrogens (tertiary/aromatic N) is 2. The average Bonchev–Trinajstić information content (AvgIpc) is 2.95. The quantitative estimate of drug-likeness (QED) is 0.265. The summed E-state index contributed by atoms with van der Waals surface area (Å²) in [5.41, 5.74) is 4.95. The first kappa shape index (κ1) is 30.6. The maximum Gasteiger partial charge on any atom is 0.296 e. The first-order valence-electron chi connectivity index (χ1n) is 12.9. The first-order chi connectivity index (χ1) is 20.0. The zero-order valence-electron chi connectivity index (χ0n) is 23.2. The normalized spacial score (nSPS) is 12.4. The second-order valence-corrected chi connectivity index (χ2v) is 11.5. The van der Waals surface area contributed by atoms with Crippen molar-refractivity contribution in [2.24, 2.45) is 5.73 Å². The predicted molar refractivity (Wildman–Crippen MR) is 152 cm³/mol. The number of aromatic nitrogens is 2. The van der Waals surface area contributed by atoms with Crippen LogP contribution in [0.15, 0.2) is 87.4 Å². The molecule has 12 heteroatoms. The van der Waals surface area contributed by atoms with E-state index in [1.807, 2.05) is 0 Å². The number of hydrogen-bond acceptors (Lipinski definition) is 8. The van der Waals surface area contributed by atoms with Crippen molar-refractivity contribution in [2.45, 2.75) is 42.4 Å². The van der Waals surface area contributed by atoms with E-state index in [-0.39, 0.29) is 41.8 Å². The van der Waals surface area contributed by atoms with Crippen LogP contribution in [-0.2, 0) is 25.9 Å². The molecule has 0 aliphatic heterocycles. The van der Waals surface area contributed by atoms with Gasteiger partial charge >= 0.3 is 0 Å². The fourth-order valence-corrected chi connectivity index (χ4v) is 5.90. The number of nitrogens with two attached hydrogens (primary N) is 1. The van der Waals surface area contributed by atoms with Crippen molar-refractivity contribution in [3.8, 4) is 17.0 Å². The van der Waals surface area contributed by atoms with Gasteiger partial charge in [-0.2, -0.15) is 4.98 Å². The highest BCUT2D eigenvalue weighted by molar-refractivity contribution is 7.91. The fourth-order valence-electron chi connectivity index (χ4n) is 4.54. The molecule has 1 atom stereocenters. The topological polar surface area (TPSA) is 151 Å². The van der Waals surface area contributed by atoms with Crippen LogP contribution < -0.4 is 11.3 Å². The van der Waals surface area contributed by atoms with Crippen LogP contribution in [-0.4, -0.2) is 48.8 Å². The molecule has 4 rings (SSSR count). The van der Waals surface area contributed by atoms with Crippen LogP contribution in [0.25, 0.3) is 11.1 Å². The molecule has 0 saturated heterocycles. The first-order valence-corrected chi connectivity index (χ1v) is 14.4. The van der Waals surface area contributed by atoms with Gasteiger partial charge in [0, 0.05) is 18.2 Å². The molecule has 1 amide bonds. The molecule has 0 spiro atoms. The lowest BCUT2D eigenvalue weighted by Crippen LogP contribution is -2.29. The zero-order chi connectivity index (χ0) is 30.6. The summed E-state index contributed by atoms with van der Waals surface area (Å²) in [6.07, 6.45) is -0.264. The number of ether oxygens (including phenoxy) is 2. The molecule has 0 radical (unpaired) electrons. The molecule has 0 saturated carbocycles. The molecule has 10 nitrogen and oxygen atoms in total. The Morgan fingerprint density at radius 3 is 2.33 bits per heavy atom. The lowest BCUT2D eigenvalue weighted by Gasteiger charge is -2.26. The minimum absolute atomic E-state index is 0.0150. The molecule has 4 aromatic rings. The number of hydrogen-bond donors (Lipinski definition) is 2. The number of halogens is 1. The van der Waals surface area contributed by atoms with Gasteiger partial charge in [-0.25, -0.2) is 12.8 Å². The van der Waals surface area contributed by atoms with Crippen LogP contribution >= 0.6 is 0 Å². The number of aromatic hydroxyl groups is 1. The summed E-state index contributed by atoms with van der Waals surface area (Å²) in [6.45, 7) is 3.31. The van der Waals surface area contributed by atoms with E-state index in [1.54, 1.807) is 56.3 Å². The van der Waals surface area contributed by atoms with Crippen LogP contribution in [0.2, 0.25) is 0 Å². The number of benzene rings is 3. The monoisotopic (exact) mass is 595 g/mol. The zero-order valence-corrected chi connectivity index (χ0v) is 24.0. The molecule has 1 unspecified atom stereocenters. The Morgan fingerprint density at radius 2 is 1.71 bits per heavy atom. The molecule has 0 aliphatic carbocycles. The molecule has 3 N–H and O–H groups in total. The van der Waals surface area contributed by atoms with Crippen LogP contribution in [0.1, 0.15) is 41.6 Å². The maximum atomic E-state index is 15.4. The number of carbonyl (C=O) groups excluding carboxylic acids is 1. The summed E-state index contributed by atoms with van der Waals surface area (Å²) in [7, 11) is -3.37. The molecule has 0 fully saturated rings. The lowest BCUT2D eigenvalue weighted by molar-refractivity contribution is 0.0554. The Balaban J connectivity index is 1.91. The van der Waals surface area contributed by atoms with E-state index in [1.165, 1.54) is 23.8 Å². The largest absolute Gasteiger partial charge is 0.493 e. The van der Waals surface area contributed by atoms with E-state index in [9.17, 15) is 23.1 Å². The third-order valence-corrected chi connectivity index (χ3v) is 8.27. The standard InChI is InChI=1S/C30H30FN3O7S/c1-18(2)41-17-26-33-29(36)27(30(37)34(26)25(16-40-3)19-9-5-4-6-10-19)42(38,39)20-13-14-22(24(31)15-20)21-11-7-8-12-23(21)28(32)35/h4-15,18,25,37H,16-17H2,1-3H3,(H2,32,35). The number of carbonyl (C=O) groups is 1. The summed E-state index contributed by atoms with van der Waals surface area (Å²) in [6, 6.07) is 17.0. The highest BCUT2D eigenvalue weighted by Gasteiger charge is 2.33. The van der Waals surface area contributed by atoms with Crippen molar-refractivity contribution < 1.29 is 32.2 Å². The number of sulfone groups is 1. The van der Waals surface area contributed by atoms with Gasteiger partial charge in [0.15, 0.2) is 4.90 Å². The van der Waals surface area contributed by atoms with Crippen LogP contribution in [0.5, 0.6) is 5.88 Å². The summed E-state index contributed by atoms with van der Waals surface area (Å²) < 4.78 is 55.1. The van der Waals surface area contributed by atoms with Gasteiger partial charge in [0.2, 0.25) is 21.6 Å². The average molecular weight is 596 g/mol. The van der Waals surface area contributed by atoms with Crippen molar-refractivity contribution in [1.29, 1.82) is 0 Å². The Morgan fingerprint density at radius 1 is 1.05 bits per heavy atom. The molecule has 220 valence electrons. The van der Waals surface area contributed by atoms with Gasteiger partial charge < -0.3 is 20.3 Å². The van der Waals surface area contributed by atoms with Crippen molar-refractivity contribution in [1.82, 2.24) is 9.55 Å². The fraction of sp³-hybridized carbons (Fsp3) is 0.233. The molecule has 3 aromatic carbocycles. The Bertz CT molecular complexity index is 1770. The van der Waals surface area contributed by atoms with Gasteiger partial charge in [0.25, 0.3) is 5.56 Å². The minimum atomic E-state index is -4.81. The van der Waals surface area contributed by atoms with Crippen LogP contribution in [0.4, 0.5) is 4.39 Å². The lowest BCUT2D eigenvalue weighted by atomic mass is 9.99. The molecule has 42 heavy (non-hydrogen) atoms. The van der Waals surface area contributed by atoms with Crippen LogP contribution in [0, 0.1) is 5.82 Å². The van der Waals surface area contributed by atoms with Crippen molar-refractivity contribution in [2.75, 3.05) is 13.7 Å². The van der Waals surface area contributed by atoms with Gasteiger partial charge in [-0.3, -0.25) is 14.2 Å². The SMILES string of the molecule is COCC(c1ccccc1)n1c(COC(C)C)nc(=O)c(S(=O)(=O)c2ccc(-c3ccccc3C(N)=O)c(F)c2)c1O. The summed E-state index contributed by atoms with van der Waals surface area (Å²) in [4.78, 5) is 27.4. The van der Waals surface area contributed by atoms with Gasteiger partial charge in [-0.05, 0) is 43.2 Å². The molecule has 0 bridgehead atoms. The molecular formula is C30H30FN3O7S. The van der Waals surface area contributed by atoms with E-state index in [4.69, 9.17) is 15.2 Å². The number of amides is 1. The number of methoxy groups -OCH3 is 1. The highest BCUT2D eigenvalue weighted by atomic mass is 32.2.